The number of carbonyl (C=O) groups is 1. The number of oxime groups is 1. The van der Waals surface area contributed by atoms with Crippen LogP contribution in [-0.4, -0.2) is 34.9 Å². The summed E-state index contributed by atoms with van der Waals surface area (Å²) in [5, 5.41) is 3.99. The molecule has 150 valence electrons. The van der Waals surface area contributed by atoms with E-state index in [4.69, 9.17) is 9.57 Å². The van der Waals surface area contributed by atoms with Crippen LogP contribution in [0.15, 0.2) is 48.1 Å². The average molecular weight is 395 g/mol. The number of hydrogen-bond acceptors (Lipinski definition) is 6. The van der Waals surface area contributed by atoms with Crippen molar-refractivity contribution in [2.75, 3.05) is 13.2 Å². The molecule has 0 radical (unpaired) electrons. The van der Waals surface area contributed by atoms with Crippen LogP contribution in [0, 0.1) is 0 Å². The number of alkyl halides is 3. The summed E-state index contributed by atoms with van der Waals surface area (Å²) < 4.78 is 43.9. The van der Waals surface area contributed by atoms with Crippen molar-refractivity contribution in [1.29, 1.82) is 0 Å². The molecule has 6 nitrogen and oxygen atoms in total. The lowest BCUT2D eigenvalue weighted by Crippen LogP contribution is -2.10. The van der Waals surface area contributed by atoms with Crippen LogP contribution in [0.3, 0.4) is 0 Å². The Morgan fingerprint density at radius 3 is 2.57 bits per heavy atom. The molecule has 0 spiro atoms. The predicted molar refractivity (Wildman–Crippen MR) is 95.6 cm³/mol. The van der Waals surface area contributed by atoms with Crippen LogP contribution in [0.25, 0.3) is 0 Å². The first-order chi connectivity index (χ1) is 13.4. The molecule has 1 aromatic heterocycles. The molecule has 28 heavy (non-hydrogen) atoms. The lowest BCUT2D eigenvalue weighted by Gasteiger charge is -2.10. The maximum Gasteiger partial charge on any atom is 0.416 e. The third-order valence-electron chi connectivity index (χ3n) is 3.63. The van der Waals surface area contributed by atoms with Gasteiger partial charge in [-0.25, -0.2) is 9.97 Å². The largest absolute Gasteiger partial charge is 0.466 e. The van der Waals surface area contributed by atoms with E-state index in [0.29, 0.717) is 25.0 Å². The topological polar surface area (TPSA) is 73.7 Å². The Morgan fingerprint density at radius 1 is 1.14 bits per heavy atom. The zero-order chi connectivity index (χ0) is 20.4. The minimum absolute atomic E-state index is 0.192. The van der Waals surface area contributed by atoms with E-state index < -0.39 is 11.7 Å². The second kappa shape index (κ2) is 10.4. The van der Waals surface area contributed by atoms with Crippen LogP contribution in [0.2, 0.25) is 0 Å². The molecule has 0 unspecified atom stereocenters. The zero-order valence-corrected chi connectivity index (χ0v) is 15.3. The van der Waals surface area contributed by atoms with Crippen LogP contribution >= 0.6 is 0 Å². The lowest BCUT2D eigenvalue weighted by molar-refractivity contribution is -0.143. The third-order valence-corrected chi connectivity index (χ3v) is 3.63. The van der Waals surface area contributed by atoms with E-state index in [1.165, 1.54) is 30.9 Å². The van der Waals surface area contributed by atoms with Gasteiger partial charge >= 0.3 is 12.1 Å². The van der Waals surface area contributed by atoms with Gasteiger partial charge in [-0.05, 0) is 31.9 Å². The number of aromatic nitrogens is 2. The summed E-state index contributed by atoms with van der Waals surface area (Å²) in [6.45, 7) is 2.27. The quantitative estimate of drug-likeness (QED) is 0.278. The Kier molecular flexibility index (Phi) is 7.91. The molecule has 0 bridgehead atoms. The van der Waals surface area contributed by atoms with Gasteiger partial charge in [-0.1, -0.05) is 17.3 Å². The van der Waals surface area contributed by atoms with Crippen molar-refractivity contribution in [2.24, 2.45) is 5.16 Å². The van der Waals surface area contributed by atoms with E-state index in [2.05, 4.69) is 15.1 Å². The van der Waals surface area contributed by atoms with E-state index in [0.717, 1.165) is 12.1 Å². The molecule has 0 N–H and O–H groups in total. The maximum absolute atomic E-state index is 13.0. The number of nitrogens with zero attached hydrogens (tertiary/aromatic N) is 3. The van der Waals surface area contributed by atoms with E-state index in [-0.39, 0.29) is 30.3 Å². The van der Waals surface area contributed by atoms with Crippen LogP contribution < -0.4 is 0 Å². The highest BCUT2D eigenvalue weighted by molar-refractivity contribution is 6.12. The first kappa shape index (κ1) is 21.3. The summed E-state index contributed by atoms with van der Waals surface area (Å²) in [6, 6.07) is 4.79. The number of hydrogen-bond donors (Lipinski definition) is 0. The highest BCUT2D eigenvalue weighted by atomic mass is 19.4. The summed E-state index contributed by atoms with van der Waals surface area (Å²) in [6.07, 6.45) is 1.09. The van der Waals surface area contributed by atoms with Crippen LogP contribution in [0.4, 0.5) is 13.2 Å². The number of esters is 1. The van der Waals surface area contributed by atoms with Gasteiger partial charge in [-0.3, -0.25) is 4.79 Å². The predicted octanol–water partition coefficient (Wildman–Crippen LogP) is 4.00. The molecular formula is C19H20F3N3O3. The first-order valence-corrected chi connectivity index (χ1v) is 8.70. The van der Waals surface area contributed by atoms with Crippen molar-refractivity contribution in [3.8, 4) is 0 Å². The van der Waals surface area contributed by atoms with Gasteiger partial charge in [0.25, 0.3) is 0 Å². The molecule has 0 atom stereocenters. The van der Waals surface area contributed by atoms with Crippen molar-refractivity contribution in [3.63, 3.8) is 0 Å². The van der Waals surface area contributed by atoms with Gasteiger partial charge in [-0.15, -0.1) is 0 Å². The van der Waals surface area contributed by atoms with E-state index >= 15 is 0 Å². The molecule has 2 aromatic rings. The standard InChI is InChI=1S/C19H20F3N3O3/c1-2-27-17(26)8-3-4-9-28-25-18(15-11-23-13-24-12-15)14-6-5-7-16(10-14)19(20,21)22/h5-7,10-13H,2-4,8-9H2,1H3/b25-18+. The molecule has 9 heteroatoms. The molecule has 0 saturated carbocycles. The second-order valence-electron chi connectivity index (χ2n) is 5.74. The summed E-state index contributed by atoms with van der Waals surface area (Å²) in [4.78, 5) is 24.3. The Bertz CT molecular complexity index is 796. The number of unbranched alkanes of at least 4 members (excludes halogenated alkanes) is 1. The van der Waals surface area contributed by atoms with Crippen LogP contribution in [0.5, 0.6) is 0 Å². The fourth-order valence-electron chi connectivity index (χ4n) is 2.32. The van der Waals surface area contributed by atoms with Gasteiger partial charge in [0.05, 0.1) is 12.2 Å². The molecule has 1 aromatic carbocycles. The van der Waals surface area contributed by atoms with Crippen LogP contribution in [-0.2, 0) is 20.5 Å². The minimum Gasteiger partial charge on any atom is -0.466 e. The molecule has 0 saturated heterocycles. The summed E-state index contributed by atoms with van der Waals surface area (Å²) in [7, 11) is 0. The Morgan fingerprint density at radius 2 is 1.89 bits per heavy atom. The van der Waals surface area contributed by atoms with E-state index in [9.17, 15) is 18.0 Å². The highest BCUT2D eigenvalue weighted by Crippen LogP contribution is 2.30. The van der Waals surface area contributed by atoms with Crippen molar-refractivity contribution < 1.29 is 27.5 Å². The lowest BCUT2D eigenvalue weighted by atomic mass is 10.0. The average Bonchev–Trinajstić information content (AvgIpc) is 2.68. The molecule has 0 aliphatic rings. The van der Waals surface area contributed by atoms with Crippen molar-refractivity contribution in [2.45, 2.75) is 32.4 Å². The van der Waals surface area contributed by atoms with Crippen molar-refractivity contribution >= 4 is 11.7 Å². The summed E-state index contributed by atoms with van der Waals surface area (Å²) in [5.41, 5.74) is 0.0607. The molecule has 0 amide bonds. The first-order valence-electron chi connectivity index (χ1n) is 8.70. The van der Waals surface area contributed by atoms with E-state index in [1.54, 1.807) is 6.92 Å². The number of benzene rings is 1. The highest BCUT2D eigenvalue weighted by Gasteiger charge is 2.30. The van der Waals surface area contributed by atoms with Crippen LogP contribution in [0.1, 0.15) is 42.9 Å². The fourth-order valence-corrected chi connectivity index (χ4v) is 2.32. The molecule has 0 aliphatic heterocycles. The van der Waals surface area contributed by atoms with Gasteiger partial charge in [-0.2, -0.15) is 13.2 Å². The van der Waals surface area contributed by atoms with Crippen molar-refractivity contribution in [1.82, 2.24) is 9.97 Å². The van der Waals surface area contributed by atoms with Gasteiger partial charge in [0.2, 0.25) is 0 Å². The summed E-state index contributed by atoms with van der Waals surface area (Å²) in [5.74, 6) is -0.280. The minimum atomic E-state index is -4.47. The van der Waals surface area contributed by atoms with Crippen molar-refractivity contribution in [3.05, 3.63) is 59.7 Å². The second-order valence-corrected chi connectivity index (χ2v) is 5.74. The van der Waals surface area contributed by atoms with Gasteiger partial charge in [0.1, 0.15) is 18.6 Å². The Balaban J connectivity index is 2.09. The third kappa shape index (κ3) is 6.64. The number of carbonyl (C=O) groups excluding carboxylic acids is 1. The molecule has 0 aliphatic carbocycles. The summed E-state index contributed by atoms with van der Waals surface area (Å²) >= 11 is 0. The fraction of sp³-hybridized carbons (Fsp3) is 0.368. The Labute approximate surface area is 160 Å². The molecule has 1 heterocycles. The SMILES string of the molecule is CCOC(=O)CCCCO/N=C(/c1cncnc1)c1cccc(C(F)(F)F)c1. The Hall–Kier alpha value is -2.97. The number of ether oxygens (including phenoxy) is 1. The monoisotopic (exact) mass is 395 g/mol. The maximum atomic E-state index is 13.0. The van der Waals surface area contributed by atoms with E-state index in [1.807, 2.05) is 0 Å². The normalized spacial score (nSPS) is 11.9. The number of halogens is 3. The molecule has 0 fully saturated rings. The van der Waals surface area contributed by atoms with Gasteiger partial charge in [0, 0.05) is 29.9 Å². The van der Waals surface area contributed by atoms with Gasteiger partial charge < -0.3 is 9.57 Å². The zero-order valence-electron chi connectivity index (χ0n) is 15.3. The smallest absolute Gasteiger partial charge is 0.416 e. The molecule has 2 rings (SSSR count). The molecular weight excluding hydrogens is 375 g/mol. The van der Waals surface area contributed by atoms with Gasteiger partial charge in [0.15, 0.2) is 0 Å². The number of rotatable bonds is 9.